The molecule has 0 radical (unpaired) electrons. The van der Waals surface area contributed by atoms with Crippen molar-refractivity contribution in [2.45, 2.75) is 0 Å². The van der Waals surface area contributed by atoms with Crippen molar-refractivity contribution in [3.63, 3.8) is 0 Å². The largest absolute Gasteiger partial charge is 0.491 e. The third-order valence-electron chi connectivity index (χ3n) is 3.16. The first kappa shape index (κ1) is 16.5. The molecule has 0 aliphatic heterocycles. The molecule has 4 heteroatoms. The average Bonchev–Trinajstić information content (AvgIpc) is 2.61. The fourth-order valence-electron chi connectivity index (χ4n) is 1.90. The number of methoxy groups -OCH3 is 1. The van der Waals surface area contributed by atoms with Crippen molar-refractivity contribution in [2.24, 2.45) is 0 Å². The molecule has 2 aromatic carbocycles. The SMILES string of the molecule is COCCOc1ccc(C(=O)/C=C\c2ccc(C#N)cc2)cc1. The molecule has 0 N–H and O–H groups in total. The first-order chi connectivity index (χ1) is 11.2. The Balaban J connectivity index is 1.96. The molecule has 0 heterocycles. The van der Waals surface area contributed by atoms with Crippen molar-refractivity contribution in [3.8, 4) is 11.8 Å². The number of ether oxygens (including phenoxy) is 2. The number of benzene rings is 2. The average molecular weight is 307 g/mol. The Morgan fingerprint density at radius 1 is 1.09 bits per heavy atom. The summed E-state index contributed by atoms with van der Waals surface area (Å²) in [6.07, 6.45) is 3.24. The van der Waals surface area contributed by atoms with Crippen LogP contribution in [0, 0.1) is 11.3 Å². The van der Waals surface area contributed by atoms with E-state index in [1.165, 1.54) is 6.08 Å². The summed E-state index contributed by atoms with van der Waals surface area (Å²) in [5.41, 5.74) is 2.06. The lowest BCUT2D eigenvalue weighted by atomic mass is 10.1. The van der Waals surface area contributed by atoms with E-state index in [0.717, 1.165) is 5.56 Å². The third-order valence-corrected chi connectivity index (χ3v) is 3.16. The number of hydrogen-bond donors (Lipinski definition) is 0. The van der Waals surface area contributed by atoms with Crippen LogP contribution in [-0.4, -0.2) is 26.1 Å². The second kappa shape index (κ2) is 8.52. The first-order valence-corrected chi connectivity index (χ1v) is 7.17. The highest BCUT2D eigenvalue weighted by Crippen LogP contribution is 2.13. The highest BCUT2D eigenvalue weighted by atomic mass is 16.5. The van der Waals surface area contributed by atoms with Gasteiger partial charge in [0.15, 0.2) is 5.78 Å². The predicted molar refractivity (Wildman–Crippen MR) is 88.3 cm³/mol. The number of ketones is 1. The van der Waals surface area contributed by atoms with E-state index in [1.54, 1.807) is 61.7 Å². The molecule has 0 unspecified atom stereocenters. The number of allylic oxidation sites excluding steroid dienone is 1. The molecule has 0 aliphatic carbocycles. The van der Waals surface area contributed by atoms with E-state index < -0.39 is 0 Å². The van der Waals surface area contributed by atoms with E-state index in [-0.39, 0.29) is 5.78 Å². The summed E-state index contributed by atoms with van der Waals surface area (Å²) in [5.74, 6) is 0.618. The molecular weight excluding hydrogens is 290 g/mol. The van der Waals surface area contributed by atoms with Crippen molar-refractivity contribution >= 4 is 11.9 Å². The van der Waals surface area contributed by atoms with Crippen LogP contribution in [-0.2, 0) is 4.74 Å². The van der Waals surface area contributed by atoms with Crippen LogP contribution in [0.2, 0.25) is 0 Å². The van der Waals surface area contributed by atoms with Gasteiger partial charge in [-0.3, -0.25) is 4.79 Å². The summed E-state index contributed by atoms with van der Waals surface area (Å²) in [5, 5.41) is 8.75. The summed E-state index contributed by atoms with van der Waals surface area (Å²) in [4.78, 5) is 12.1. The summed E-state index contributed by atoms with van der Waals surface area (Å²) >= 11 is 0. The number of carbonyl (C=O) groups is 1. The van der Waals surface area contributed by atoms with Gasteiger partial charge in [0.1, 0.15) is 12.4 Å². The summed E-state index contributed by atoms with van der Waals surface area (Å²) in [6, 6.07) is 16.1. The molecule has 0 atom stereocenters. The third kappa shape index (κ3) is 5.10. The molecule has 0 aliphatic rings. The van der Waals surface area contributed by atoms with Crippen LogP contribution in [0.25, 0.3) is 6.08 Å². The van der Waals surface area contributed by atoms with Gasteiger partial charge in [0.2, 0.25) is 0 Å². The van der Waals surface area contributed by atoms with E-state index >= 15 is 0 Å². The Morgan fingerprint density at radius 2 is 1.78 bits per heavy atom. The maximum Gasteiger partial charge on any atom is 0.185 e. The van der Waals surface area contributed by atoms with Crippen LogP contribution >= 0.6 is 0 Å². The van der Waals surface area contributed by atoms with Crippen molar-refractivity contribution in [1.29, 1.82) is 5.26 Å². The van der Waals surface area contributed by atoms with Crippen LogP contribution in [0.5, 0.6) is 5.75 Å². The predicted octanol–water partition coefficient (Wildman–Crippen LogP) is 3.48. The molecule has 0 saturated heterocycles. The van der Waals surface area contributed by atoms with Crippen LogP contribution in [0.4, 0.5) is 0 Å². The Kier molecular flexibility index (Phi) is 6.10. The van der Waals surface area contributed by atoms with E-state index in [9.17, 15) is 4.79 Å². The number of nitrogens with zero attached hydrogens (tertiary/aromatic N) is 1. The Hall–Kier alpha value is -2.90. The lowest BCUT2D eigenvalue weighted by molar-refractivity contribution is 0.104. The van der Waals surface area contributed by atoms with Gasteiger partial charge < -0.3 is 9.47 Å². The van der Waals surface area contributed by atoms with Crippen molar-refractivity contribution in [2.75, 3.05) is 20.3 Å². The topological polar surface area (TPSA) is 59.3 Å². The maximum atomic E-state index is 12.1. The fraction of sp³-hybridized carbons (Fsp3) is 0.158. The molecule has 4 nitrogen and oxygen atoms in total. The Morgan fingerprint density at radius 3 is 2.39 bits per heavy atom. The van der Waals surface area contributed by atoms with Crippen molar-refractivity contribution in [1.82, 2.24) is 0 Å². The minimum Gasteiger partial charge on any atom is -0.491 e. The second-order valence-electron chi connectivity index (χ2n) is 4.80. The fourth-order valence-corrected chi connectivity index (χ4v) is 1.90. The number of carbonyl (C=O) groups excluding carboxylic acids is 1. The molecule has 0 bridgehead atoms. The number of nitriles is 1. The molecular formula is C19H17NO3. The van der Waals surface area contributed by atoms with Crippen LogP contribution in [0.1, 0.15) is 21.5 Å². The van der Waals surface area contributed by atoms with Gasteiger partial charge in [0.25, 0.3) is 0 Å². The van der Waals surface area contributed by atoms with E-state index in [1.807, 2.05) is 0 Å². The van der Waals surface area contributed by atoms with Gasteiger partial charge in [-0.15, -0.1) is 0 Å². The van der Waals surface area contributed by atoms with Gasteiger partial charge in [-0.25, -0.2) is 0 Å². The van der Waals surface area contributed by atoms with Crippen molar-refractivity contribution < 1.29 is 14.3 Å². The molecule has 0 fully saturated rings. The summed E-state index contributed by atoms with van der Waals surface area (Å²) < 4.78 is 10.4. The standard InChI is InChI=1S/C19H17NO3/c1-22-12-13-23-18-9-7-17(8-10-18)19(21)11-6-15-2-4-16(14-20)5-3-15/h2-11H,12-13H2,1H3/b11-6-. The van der Waals surface area contributed by atoms with Gasteiger partial charge in [-0.1, -0.05) is 18.2 Å². The van der Waals surface area contributed by atoms with Crippen LogP contribution in [0.3, 0.4) is 0 Å². The zero-order chi connectivity index (χ0) is 16.5. The maximum absolute atomic E-state index is 12.1. The Bertz CT molecular complexity index is 710. The van der Waals surface area contributed by atoms with Gasteiger partial charge >= 0.3 is 0 Å². The normalized spacial score (nSPS) is 10.4. The highest BCUT2D eigenvalue weighted by Gasteiger charge is 2.02. The smallest absolute Gasteiger partial charge is 0.185 e. The van der Waals surface area contributed by atoms with E-state index in [0.29, 0.717) is 30.1 Å². The van der Waals surface area contributed by atoms with Gasteiger partial charge in [0.05, 0.1) is 18.2 Å². The molecule has 2 aromatic rings. The minimum atomic E-state index is -0.0854. The monoisotopic (exact) mass is 307 g/mol. The molecule has 116 valence electrons. The quantitative estimate of drug-likeness (QED) is 0.446. The lowest BCUT2D eigenvalue weighted by Crippen LogP contribution is -2.04. The van der Waals surface area contributed by atoms with Crippen LogP contribution in [0.15, 0.2) is 54.6 Å². The summed E-state index contributed by atoms with van der Waals surface area (Å²) in [6.45, 7) is 0.996. The van der Waals surface area contributed by atoms with Crippen molar-refractivity contribution in [3.05, 3.63) is 71.3 Å². The second-order valence-corrected chi connectivity index (χ2v) is 4.80. The van der Waals surface area contributed by atoms with Gasteiger partial charge in [-0.2, -0.15) is 5.26 Å². The first-order valence-electron chi connectivity index (χ1n) is 7.17. The minimum absolute atomic E-state index is 0.0854. The highest BCUT2D eigenvalue weighted by molar-refractivity contribution is 6.06. The van der Waals surface area contributed by atoms with Crippen LogP contribution < -0.4 is 4.74 Å². The summed E-state index contributed by atoms with van der Waals surface area (Å²) in [7, 11) is 1.62. The lowest BCUT2D eigenvalue weighted by Gasteiger charge is -2.05. The van der Waals surface area contributed by atoms with Gasteiger partial charge in [-0.05, 0) is 48.0 Å². The molecule has 0 aromatic heterocycles. The zero-order valence-electron chi connectivity index (χ0n) is 12.9. The number of rotatable bonds is 7. The zero-order valence-corrected chi connectivity index (χ0v) is 12.9. The van der Waals surface area contributed by atoms with Gasteiger partial charge in [0, 0.05) is 12.7 Å². The van der Waals surface area contributed by atoms with E-state index in [4.69, 9.17) is 14.7 Å². The molecule has 0 spiro atoms. The molecule has 0 saturated carbocycles. The van der Waals surface area contributed by atoms with E-state index in [2.05, 4.69) is 6.07 Å². The molecule has 2 rings (SSSR count). The number of hydrogen-bond acceptors (Lipinski definition) is 4. The molecule has 23 heavy (non-hydrogen) atoms. The molecule has 0 amide bonds. The Labute approximate surface area is 135 Å².